The first-order valence-electron chi connectivity index (χ1n) is 10.0. The predicted molar refractivity (Wildman–Crippen MR) is 114 cm³/mol. The van der Waals surface area contributed by atoms with Gasteiger partial charge in [0.15, 0.2) is 0 Å². The molecule has 160 valence electrons. The largest absolute Gasteiger partial charge is 0.495 e. The molecule has 8 nitrogen and oxygen atoms in total. The Morgan fingerprint density at radius 3 is 2.48 bits per heavy atom. The van der Waals surface area contributed by atoms with Gasteiger partial charge in [-0.25, -0.2) is 9.59 Å². The molecular weight excluding hydrogens is 394 g/mol. The van der Waals surface area contributed by atoms with Crippen LogP contribution in [0.4, 0.5) is 15.3 Å². The van der Waals surface area contributed by atoms with Crippen LogP contribution in [0.1, 0.15) is 19.8 Å². The van der Waals surface area contributed by atoms with Crippen LogP contribution in [0.25, 0.3) is 0 Å². The Kier molecular flexibility index (Phi) is 6.74. The van der Waals surface area contributed by atoms with E-state index in [4.69, 9.17) is 16.3 Å². The maximum absolute atomic E-state index is 12.7. The quantitative estimate of drug-likeness (QED) is 0.780. The van der Waals surface area contributed by atoms with E-state index in [-0.39, 0.29) is 17.6 Å². The van der Waals surface area contributed by atoms with Crippen LogP contribution in [-0.4, -0.2) is 85.7 Å². The molecule has 9 heteroatoms. The predicted octanol–water partition coefficient (Wildman–Crippen LogP) is 2.69. The highest BCUT2D eigenvalue weighted by atomic mass is 35.5. The lowest BCUT2D eigenvalue weighted by atomic mass is 9.92. The van der Waals surface area contributed by atoms with Crippen LogP contribution in [-0.2, 0) is 0 Å². The van der Waals surface area contributed by atoms with Gasteiger partial charge in [-0.15, -0.1) is 0 Å². The number of carbonyl (C=O) groups is 2. The number of piperazine rings is 1. The molecule has 0 bridgehead atoms. The Labute approximate surface area is 177 Å². The van der Waals surface area contributed by atoms with E-state index < -0.39 is 0 Å². The Morgan fingerprint density at radius 1 is 1.14 bits per heavy atom. The molecule has 2 N–H and O–H groups in total. The molecule has 2 aliphatic heterocycles. The molecule has 0 spiro atoms. The summed E-state index contributed by atoms with van der Waals surface area (Å²) in [5.74, 6) is 0.576. The lowest BCUT2D eigenvalue weighted by molar-refractivity contribution is 0.0477. The van der Waals surface area contributed by atoms with Gasteiger partial charge in [0.1, 0.15) is 5.75 Å². The number of hydrogen-bond acceptors (Lipinski definition) is 4. The van der Waals surface area contributed by atoms with E-state index in [0.29, 0.717) is 29.5 Å². The number of rotatable bonds is 4. The highest BCUT2D eigenvalue weighted by molar-refractivity contribution is 6.31. The Hall–Kier alpha value is -2.19. The van der Waals surface area contributed by atoms with Crippen molar-refractivity contribution < 1.29 is 14.3 Å². The van der Waals surface area contributed by atoms with Gasteiger partial charge in [0.05, 0.1) is 12.8 Å². The lowest BCUT2D eigenvalue weighted by Crippen LogP contribution is -2.59. The highest BCUT2D eigenvalue weighted by Crippen LogP contribution is 2.33. The van der Waals surface area contributed by atoms with Gasteiger partial charge in [0, 0.05) is 56.9 Å². The molecule has 0 saturated carbocycles. The van der Waals surface area contributed by atoms with Gasteiger partial charge in [-0.05, 0) is 31.0 Å². The van der Waals surface area contributed by atoms with Crippen molar-refractivity contribution in [1.29, 1.82) is 0 Å². The van der Waals surface area contributed by atoms with Crippen LogP contribution in [0.5, 0.6) is 5.75 Å². The normalized spacial score (nSPS) is 22.5. The van der Waals surface area contributed by atoms with Crippen LogP contribution in [0.15, 0.2) is 18.2 Å². The molecule has 2 heterocycles. The standard InChI is InChI=1S/C20H30ClN5O3/c1-4-20(7-8-25(14-20)18(27)22-2)26-11-9-24(10-12-26)19(28)23-16-13-15(21)5-6-17(16)29-3/h5-6,13H,4,7-12,14H2,1-3H3,(H,22,27)(H,23,28)/t20-/m1/s1. The fraction of sp³-hybridized carbons (Fsp3) is 0.600. The number of nitrogens with one attached hydrogen (secondary N) is 2. The first-order valence-corrected chi connectivity index (χ1v) is 10.4. The van der Waals surface area contributed by atoms with Crippen LogP contribution in [0, 0.1) is 0 Å². The van der Waals surface area contributed by atoms with Crippen LogP contribution < -0.4 is 15.4 Å². The van der Waals surface area contributed by atoms with Crippen molar-refractivity contribution >= 4 is 29.4 Å². The molecule has 1 atom stereocenters. The zero-order valence-corrected chi connectivity index (χ0v) is 18.1. The topological polar surface area (TPSA) is 77.2 Å². The molecular formula is C20H30ClN5O3. The number of methoxy groups -OCH3 is 1. The minimum Gasteiger partial charge on any atom is -0.495 e. The first kappa shape index (κ1) is 21.5. The second-order valence-electron chi connectivity index (χ2n) is 7.55. The minimum absolute atomic E-state index is 0.00868. The van der Waals surface area contributed by atoms with Gasteiger partial charge < -0.3 is 25.2 Å². The molecule has 1 aromatic rings. The van der Waals surface area contributed by atoms with Gasteiger partial charge in [-0.1, -0.05) is 18.5 Å². The van der Waals surface area contributed by atoms with E-state index in [0.717, 1.165) is 39.0 Å². The summed E-state index contributed by atoms with van der Waals surface area (Å²) in [5.41, 5.74) is 0.556. The number of hydrogen-bond donors (Lipinski definition) is 2. The summed E-state index contributed by atoms with van der Waals surface area (Å²) in [7, 11) is 3.23. The second kappa shape index (κ2) is 9.09. The summed E-state index contributed by atoms with van der Waals surface area (Å²) < 4.78 is 5.30. The van der Waals surface area contributed by atoms with Gasteiger partial charge >= 0.3 is 12.1 Å². The van der Waals surface area contributed by atoms with Gasteiger partial charge in [-0.2, -0.15) is 0 Å². The summed E-state index contributed by atoms with van der Waals surface area (Å²) in [6.07, 6.45) is 1.94. The molecule has 0 unspecified atom stereocenters. The Balaban J connectivity index is 1.59. The van der Waals surface area contributed by atoms with E-state index in [2.05, 4.69) is 22.5 Å². The Bertz CT molecular complexity index is 754. The van der Waals surface area contributed by atoms with Crippen molar-refractivity contribution in [2.45, 2.75) is 25.3 Å². The number of carbonyl (C=O) groups excluding carboxylic acids is 2. The van der Waals surface area contributed by atoms with Crippen molar-refractivity contribution in [3.05, 3.63) is 23.2 Å². The second-order valence-corrected chi connectivity index (χ2v) is 7.99. The van der Waals surface area contributed by atoms with E-state index >= 15 is 0 Å². The Morgan fingerprint density at radius 2 is 1.86 bits per heavy atom. The van der Waals surface area contributed by atoms with E-state index in [9.17, 15) is 9.59 Å². The number of anilines is 1. The summed E-state index contributed by atoms with van der Waals surface area (Å²) in [6, 6.07) is 4.97. The molecule has 3 rings (SSSR count). The van der Waals surface area contributed by atoms with Crippen molar-refractivity contribution in [1.82, 2.24) is 20.0 Å². The third-order valence-electron chi connectivity index (χ3n) is 6.13. The average Bonchev–Trinajstić information content (AvgIpc) is 3.19. The number of likely N-dealkylation sites (tertiary alicyclic amines) is 1. The third kappa shape index (κ3) is 4.53. The number of urea groups is 2. The van der Waals surface area contributed by atoms with E-state index in [1.54, 1.807) is 32.4 Å². The van der Waals surface area contributed by atoms with Crippen molar-refractivity contribution in [2.75, 3.05) is 58.7 Å². The minimum atomic E-state index is -0.158. The van der Waals surface area contributed by atoms with Crippen LogP contribution in [0.2, 0.25) is 5.02 Å². The van der Waals surface area contributed by atoms with E-state index in [1.165, 1.54) is 0 Å². The van der Waals surface area contributed by atoms with Gasteiger partial charge in [0.2, 0.25) is 0 Å². The van der Waals surface area contributed by atoms with Crippen molar-refractivity contribution in [3.8, 4) is 5.75 Å². The lowest BCUT2D eigenvalue weighted by Gasteiger charge is -2.45. The number of benzene rings is 1. The number of ether oxygens (including phenoxy) is 1. The molecule has 2 fully saturated rings. The molecule has 0 radical (unpaired) electrons. The maximum atomic E-state index is 12.7. The average molecular weight is 424 g/mol. The SMILES string of the molecule is CC[C@@]1(N2CCN(C(=O)Nc3cc(Cl)ccc3OC)CC2)CCN(C(=O)NC)C1. The fourth-order valence-corrected chi connectivity index (χ4v) is 4.49. The van der Waals surface area contributed by atoms with Crippen LogP contribution >= 0.6 is 11.6 Å². The number of nitrogens with zero attached hydrogens (tertiary/aromatic N) is 3. The zero-order valence-electron chi connectivity index (χ0n) is 17.3. The number of amides is 4. The molecule has 2 saturated heterocycles. The van der Waals surface area contributed by atoms with Gasteiger partial charge in [0.25, 0.3) is 0 Å². The summed E-state index contributed by atoms with van der Waals surface area (Å²) in [5, 5.41) is 6.16. The summed E-state index contributed by atoms with van der Waals surface area (Å²) in [6.45, 7) is 6.52. The van der Waals surface area contributed by atoms with Gasteiger partial charge in [-0.3, -0.25) is 4.90 Å². The summed E-state index contributed by atoms with van der Waals surface area (Å²) >= 11 is 6.05. The zero-order chi connectivity index (χ0) is 21.0. The first-order chi connectivity index (χ1) is 13.9. The highest BCUT2D eigenvalue weighted by Gasteiger charge is 2.44. The maximum Gasteiger partial charge on any atom is 0.322 e. The monoisotopic (exact) mass is 423 g/mol. The molecule has 4 amide bonds. The van der Waals surface area contributed by atoms with Crippen molar-refractivity contribution in [2.24, 2.45) is 0 Å². The van der Waals surface area contributed by atoms with Crippen molar-refractivity contribution in [3.63, 3.8) is 0 Å². The molecule has 0 aliphatic carbocycles. The van der Waals surface area contributed by atoms with E-state index in [1.807, 2.05) is 9.80 Å². The number of halogens is 1. The third-order valence-corrected chi connectivity index (χ3v) is 6.37. The molecule has 0 aromatic heterocycles. The fourth-order valence-electron chi connectivity index (χ4n) is 4.31. The summed E-state index contributed by atoms with van der Waals surface area (Å²) in [4.78, 5) is 30.9. The molecule has 1 aromatic carbocycles. The molecule has 2 aliphatic rings. The van der Waals surface area contributed by atoms with Crippen LogP contribution in [0.3, 0.4) is 0 Å². The molecule has 29 heavy (non-hydrogen) atoms. The smallest absolute Gasteiger partial charge is 0.322 e.